The Bertz CT molecular complexity index is 1050. The van der Waals surface area contributed by atoms with Crippen LogP contribution in [-0.4, -0.2) is 18.6 Å². The third-order valence-corrected chi connectivity index (χ3v) is 6.88. The molecule has 0 unspecified atom stereocenters. The second-order valence-corrected chi connectivity index (χ2v) is 8.80. The van der Waals surface area contributed by atoms with E-state index in [1.807, 2.05) is 48.5 Å². The number of thioether (sulfide) groups is 1. The van der Waals surface area contributed by atoms with Crippen molar-refractivity contribution in [2.45, 2.75) is 30.9 Å². The number of ether oxygens (including phenoxy) is 1. The van der Waals surface area contributed by atoms with Gasteiger partial charge in [-0.1, -0.05) is 35.9 Å². The van der Waals surface area contributed by atoms with Crippen LogP contribution in [0.4, 0.5) is 0 Å². The summed E-state index contributed by atoms with van der Waals surface area (Å²) in [6.07, 6.45) is 2.16. The van der Waals surface area contributed by atoms with Gasteiger partial charge in [-0.05, 0) is 48.2 Å². The Kier molecular flexibility index (Phi) is 6.26. The molecule has 0 spiro atoms. The molecule has 1 aliphatic carbocycles. The Morgan fingerprint density at radius 1 is 1.13 bits per heavy atom. The van der Waals surface area contributed by atoms with Crippen LogP contribution in [0.5, 0.6) is 5.75 Å². The topological polar surface area (TPSA) is 62.4 Å². The summed E-state index contributed by atoms with van der Waals surface area (Å²) < 4.78 is 5.27. The van der Waals surface area contributed by atoms with E-state index in [0.717, 1.165) is 35.4 Å². The fraction of sp³-hybridized carbons (Fsp3) is 0.292. The van der Waals surface area contributed by atoms with Gasteiger partial charge in [0.2, 0.25) is 0 Å². The number of aliphatic imine (C=N–C) groups is 1. The number of nitrogens with zero attached hydrogens (tertiary/aromatic N) is 2. The minimum atomic E-state index is -0.346. The van der Waals surface area contributed by atoms with Crippen molar-refractivity contribution in [3.63, 3.8) is 0 Å². The van der Waals surface area contributed by atoms with Gasteiger partial charge in [0.25, 0.3) is 0 Å². The number of carbonyl (C=O) groups is 1. The molecule has 4 rings (SSSR count). The number of hydrogen-bond donors (Lipinski definition) is 0. The Morgan fingerprint density at radius 2 is 1.87 bits per heavy atom. The molecule has 1 aliphatic heterocycles. The first-order valence-electron chi connectivity index (χ1n) is 9.86. The standard InChI is InChI=1S/C24H21ClN2O2S/c1-29-18-11-7-16(8-12-18)22-19(13-26)24(27-20-3-2-4-21(28)23(20)22)30-14-15-5-9-17(25)10-6-15/h5-12,22-23H,2-4,14H2,1H3/t22-,23-/m0/s1. The van der Waals surface area contributed by atoms with Crippen molar-refractivity contribution in [1.82, 2.24) is 0 Å². The van der Waals surface area contributed by atoms with Gasteiger partial charge < -0.3 is 4.74 Å². The van der Waals surface area contributed by atoms with Gasteiger partial charge in [0.15, 0.2) is 0 Å². The average molecular weight is 437 g/mol. The quantitative estimate of drug-likeness (QED) is 0.583. The number of fused-ring (bicyclic) bond motifs is 1. The SMILES string of the molecule is COc1ccc([C@H]2C(C#N)=C(SCc3ccc(Cl)cc3)N=C3CCCC(=O)[C@H]32)cc1. The first-order chi connectivity index (χ1) is 14.6. The fourth-order valence-electron chi connectivity index (χ4n) is 4.06. The zero-order valence-electron chi connectivity index (χ0n) is 16.6. The van der Waals surface area contributed by atoms with Crippen LogP contribution in [-0.2, 0) is 10.5 Å². The molecule has 1 saturated carbocycles. The van der Waals surface area contributed by atoms with Crippen molar-refractivity contribution in [1.29, 1.82) is 5.26 Å². The van der Waals surface area contributed by atoms with Crippen LogP contribution >= 0.6 is 23.4 Å². The molecule has 0 aromatic heterocycles. The summed E-state index contributed by atoms with van der Waals surface area (Å²) in [5.74, 6) is 0.965. The highest BCUT2D eigenvalue weighted by Crippen LogP contribution is 2.45. The smallest absolute Gasteiger partial charge is 0.142 e. The molecule has 2 atom stereocenters. The summed E-state index contributed by atoms with van der Waals surface area (Å²) in [5, 5.41) is 11.5. The van der Waals surface area contributed by atoms with E-state index in [1.165, 1.54) is 0 Å². The van der Waals surface area contributed by atoms with E-state index < -0.39 is 0 Å². The molecule has 2 aromatic rings. The van der Waals surface area contributed by atoms with E-state index in [2.05, 4.69) is 6.07 Å². The average Bonchev–Trinajstić information content (AvgIpc) is 2.78. The van der Waals surface area contributed by atoms with Crippen LogP contribution < -0.4 is 4.74 Å². The summed E-state index contributed by atoms with van der Waals surface area (Å²) in [6, 6.07) is 17.7. The fourth-order valence-corrected chi connectivity index (χ4v) is 5.20. The molecule has 6 heteroatoms. The lowest BCUT2D eigenvalue weighted by atomic mass is 9.70. The molecule has 0 bridgehead atoms. The lowest BCUT2D eigenvalue weighted by Gasteiger charge is -2.34. The van der Waals surface area contributed by atoms with Crippen LogP contribution in [0.15, 0.2) is 64.1 Å². The van der Waals surface area contributed by atoms with Gasteiger partial charge in [0, 0.05) is 28.8 Å². The van der Waals surface area contributed by atoms with Crippen molar-refractivity contribution in [2.75, 3.05) is 7.11 Å². The summed E-state index contributed by atoms with van der Waals surface area (Å²) in [6.45, 7) is 0. The van der Waals surface area contributed by atoms with Crippen molar-refractivity contribution in [3.05, 3.63) is 75.3 Å². The lowest BCUT2D eigenvalue weighted by Crippen LogP contribution is -2.37. The maximum absolute atomic E-state index is 12.9. The molecule has 2 aliphatic rings. The predicted octanol–water partition coefficient (Wildman–Crippen LogP) is 5.92. The molecule has 4 nitrogen and oxygen atoms in total. The third kappa shape index (κ3) is 4.16. The summed E-state index contributed by atoms with van der Waals surface area (Å²) >= 11 is 7.53. The highest BCUT2D eigenvalue weighted by molar-refractivity contribution is 8.02. The van der Waals surface area contributed by atoms with E-state index in [-0.39, 0.29) is 17.6 Å². The van der Waals surface area contributed by atoms with Crippen molar-refractivity contribution < 1.29 is 9.53 Å². The molecule has 0 radical (unpaired) electrons. The van der Waals surface area contributed by atoms with Crippen LogP contribution in [0.3, 0.4) is 0 Å². The third-order valence-electron chi connectivity index (χ3n) is 5.57. The van der Waals surface area contributed by atoms with E-state index in [0.29, 0.717) is 27.8 Å². The van der Waals surface area contributed by atoms with Gasteiger partial charge in [0.05, 0.1) is 24.7 Å². The van der Waals surface area contributed by atoms with E-state index >= 15 is 0 Å². The molecule has 1 fully saturated rings. The molecule has 2 aromatic carbocycles. The number of Topliss-reactive ketones (excluding diaryl/α,β-unsaturated/α-hetero) is 1. The van der Waals surface area contributed by atoms with Crippen molar-refractivity contribution in [3.8, 4) is 11.8 Å². The van der Waals surface area contributed by atoms with Gasteiger partial charge in [-0.2, -0.15) is 5.26 Å². The first-order valence-corrected chi connectivity index (χ1v) is 11.2. The predicted molar refractivity (Wildman–Crippen MR) is 121 cm³/mol. The minimum Gasteiger partial charge on any atom is -0.497 e. The number of rotatable bonds is 5. The summed E-state index contributed by atoms with van der Waals surface area (Å²) in [4.78, 5) is 17.7. The summed E-state index contributed by atoms with van der Waals surface area (Å²) in [7, 11) is 1.62. The van der Waals surface area contributed by atoms with E-state index in [9.17, 15) is 10.1 Å². The van der Waals surface area contributed by atoms with Crippen molar-refractivity contribution >= 4 is 34.9 Å². The number of methoxy groups -OCH3 is 1. The van der Waals surface area contributed by atoms with Gasteiger partial charge in [-0.3, -0.25) is 4.79 Å². The molecular formula is C24H21ClN2O2S. The van der Waals surface area contributed by atoms with Gasteiger partial charge in [0.1, 0.15) is 16.6 Å². The highest BCUT2D eigenvalue weighted by atomic mass is 35.5. The Morgan fingerprint density at radius 3 is 2.53 bits per heavy atom. The first kappa shape index (κ1) is 20.7. The van der Waals surface area contributed by atoms with Gasteiger partial charge in [-0.15, -0.1) is 11.8 Å². The Labute approximate surface area is 185 Å². The van der Waals surface area contributed by atoms with E-state index in [4.69, 9.17) is 21.3 Å². The molecular weight excluding hydrogens is 416 g/mol. The number of hydrogen-bond acceptors (Lipinski definition) is 5. The van der Waals surface area contributed by atoms with Crippen LogP contribution in [0.25, 0.3) is 0 Å². The second-order valence-electron chi connectivity index (χ2n) is 7.40. The second kappa shape index (κ2) is 9.07. The molecule has 0 amide bonds. The molecule has 30 heavy (non-hydrogen) atoms. The number of ketones is 1. The van der Waals surface area contributed by atoms with E-state index in [1.54, 1.807) is 18.9 Å². The Balaban J connectivity index is 1.72. The van der Waals surface area contributed by atoms with Gasteiger partial charge in [-0.25, -0.2) is 4.99 Å². The maximum Gasteiger partial charge on any atom is 0.142 e. The zero-order chi connectivity index (χ0) is 21.1. The maximum atomic E-state index is 12.9. The minimum absolute atomic E-state index is 0.176. The Hall–Kier alpha value is -2.55. The highest BCUT2D eigenvalue weighted by Gasteiger charge is 2.42. The van der Waals surface area contributed by atoms with Crippen molar-refractivity contribution in [2.24, 2.45) is 10.9 Å². The number of carbonyl (C=O) groups excluding carboxylic acids is 1. The number of halogens is 1. The zero-order valence-corrected chi connectivity index (χ0v) is 18.2. The number of benzene rings is 2. The number of allylic oxidation sites excluding steroid dienone is 1. The molecule has 0 N–H and O–H groups in total. The number of nitriles is 1. The van der Waals surface area contributed by atoms with Crippen LogP contribution in [0, 0.1) is 17.2 Å². The largest absolute Gasteiger partial charge is 0.497 e. The van der Waals surface area contributed by atoms with Gasteiger partial charge >= 0.3 is 0 Å². The molecule has 152 valence electrons. The normalized spacial score (nSPS) is 21.0. The lowest BCUT2D eigenvalue weighted by molar-refractivity contribution is -0.121. The van der Waals surface area contributed by atoms with Crippen LogP contribution in [0.2, 0.25) is 5.02 Å². The van der Waals surface area contributed by atoms with Crippen LogP contribution in [0.1, 0.15) is 36.3 Å². The molecule has 0 saturated heterocycles. The summed E-state index contributed by atoms with van der Waals surface area (Å²) in [5.41, 5.74) is 3.54. The molecule has 1 heterocycles. The monoisotopic (exact) mass is 436 g/mol.